The maximum absolute atomic E-state index is 11.7. The van der Waals surface area contributed by atoms with E-state index in [4.69, 9.17) is 5.14 Å². The summed E-state index contributed by atoms with van der Waals surface area (Å²) in [7, 11) is -3.64. The third-order valence-electron chi connectivity index (χ3n) is 3.62. The third-order valence-corrected chi connectivity index (χ3v) is 4.55. The number of nitrogens with two attached hydrogens (primary N) is 1. The molecule has 1 unspecified atom stereocenters. The van der Waals surface area contributed by atoms with Gasteiger partial charge in [0.15, 0.2) is 0 Å². The second-order valence-electron chi connectivity index (χ2n) is 5.35. The fourth-order valence-corrected chi connectivity index (χ4v) is 2.93. The smallest absolute Gasteiger partial charge is 0.238 e. The molecule has 0 spiro atoms. The fourth-order valence-electron chi connectivity index (χ4n) is 2.42. The lowest BCUT2D eigenvalue weighted by Crippen LogP contribution is -2.28. The van der Waals surface area contributed by atoms with Crippen LogP contribution in [-0.2, 0) is 21.2 Å². The van der Waals surface area contributed by atoms with E-state index in [-0.39, 0.29) is 10.8 Å². The van der Waals surface area contributed by atoms with Gasteiger partial charge >= 0.3 is 0 Å². The third kappa shape index (κ3) is 5.11. The number of primary sulfonamides is 1. The summed E-state index contributed by atoms with van der Waals surface area (Å²) in [6.07, 6.45) is 2.29. The topological polar surface area (TPSA) is 101 Å². The van der Waals surface area contributed by atoms with Gasteiger partial charge in [0.1, 0.15) is 0 Å². The molecule has 1 heterocycles. The van der Waals surface area contributed by atoms with Crippen LogP contribution in [0.4, 0.5) is 0 Å². The number of rotatable bonds is 6. The molecule has 116 valence electrons. The molecule has 1 saturated heterocycles. The van der Waals surface area contributed by atoms with Crippen LogP contribution in [-0.4, -0.2) is 34.0 Å². The number of carbonyl (C=O) groups is 1. The van der Waals surface area contributed by atoms with Crippen LogP contribution in [0.1, 0.15) is 18.4 Å². The first-order valence-electron chi connectivity index (χ1n) is 7.04. The van der Waals surface area contributed by atoms with Gasteiger partial charge in [0, 0.05) is 13.0 Å². The molecule has 6 nitrogen and oxygen atoms in total. The van der Waals surface area contributed by atoms with E-state index in [0.717, 1.165) is 25.1 Å². The van der Waals surface area contributed by atoms with Crippen molar-refractivity contribution in [3.8, 4) is 0 Å². The lowest BCUT2D eigenvalue weighted by atomic mass is 10.0. The molecule has 4 N–H and O–H groups in total. The second-order valence-corrected chi connectivity index (χ2v) is 6.91. The Hall–Kier alpha value is -1.44. The number of hydrogen-bond donors (Lipinski definition) is 3. The molecular formula is C14H21N3O3S. The molecule has 1 aliphatic heterocycles. The summed E-state index contributed by atoms with van der Waals surface area (Å²) in [4.78, 5) is 11.8. The summed E-state index contributed by atoms with van der Waals surface area (Å²) in [6.45, 7) is 2.46. The number of carbonyl (C=O) groups excluding carboxylic acids is 1. The Labute approximate surface area is 125 Å². The average molecular weight is 311 g/mol. The maximum atomic E-state index is 11.7. The first-order chi connectivity index (χ1) is 9.95. The molecule has 7 heteroatoms. The highest BCUT2D eigenvalue weighted by atomic mass is 32.2. The largest absolute Gasteiger partial charge is 0.356 e. The van der Waals surface area contributed by atoms with Crippen molar-refractivity contribution in [1.82, 2.24) is 10.6 Å². The summed E-state index contributed by atoms with van der Waals surface area (Å²) < 4.78 is 22.3. The Kier molecular flexibility index (Phi) is 5.33. The Morgan fingerprint density at radius 3 is 2.62 bits per heavy atom. The molecule has 1 aromatic carbocycles. The summed E-state index contributed by atoms with van der Waals surface area (Å²) >= 11 is 0. The van der Waals surface area contributed by atoms with Gasteiger partial charge in [-0.3, -0.25) is 4.79 Å². The highest BCUT2D eigenvalue weighted by Gasteiger charge is 2.17. The summed E-state index contributed by atoms with van der Waals surface area (Å²) in [5.74, 6) is 0.518. The number of benzene rings is 1. The summed E-state index contributed by atoms with van der Waals surface area (Å²) in [5.41, 5.74) is 0.963. The van der Waals surface area contributed by atoms with Crippen LogP contribution in [0.3, 0.4) is 0 Å². The minimum Gasteiger partial charge on any atom is -0.356 e. The van der Waals surface area contributed by atoms with Gasteiger partial charge in [-0.15, -0.1) is 0 Å². The van der Waals surface area contributed by atoms with E-state index in [1.165, 1.54) is 12.1 Å². The van der Waals surface area contributed by atoms with Crippen LogP contribution in [0.5, 0.6) is 0 Å². The fraction of sp³-hybridized carbons (Fsp3) is 0.500. The molecule has 0 aromatic heterocycles. The Balaban J connectivity index is 1.74. The molecular weight excluding hydrogens is 290 g/mol. The van der Waals surface area contributed by atoms with E-state index in [0.29, 0.717) is 25.3 Å². The number of amides is 1. The number of hydrogen-bond acceptors (Lipinski definition) is 4. The van der Waals surface area contributed by atoms with Crippen molar-refractivity contribution < 1.29 is 13.2 Å². The van der Waals surface area contributed by atoms with Crippen LogP contribution >= 0.6 is 0 Å². The molecule has 21 heavy (non-hydrogen) atoms. The lowest BCUT2D eigenvalue weighted by Gasteiger charge is -2.09. The average Bonchev–Trinajstić information content (AvgIpc) is 2.91. The molecule has 0 bridgehead atoms. The van der Waals surface area contributed by atoms with Crippen molar-refractivity contribution in [3.63, 3.8) is 0 Å². The highest BCUT2D eigenvalue weighted by molar-refractivity contribution is 7.89. The zero-order valence-corrected chi connectivity index (χ0v) is 12.7. The molecule has 0 saturated carbocycles. The van der Waals surface area contributed by atoms with Crippen LogP contribution in [0.2, 0.25) is 0 Å². The van der Waals surface area contributed by atoms with E-state index in [2.05, 4.69) is 10.6 Å². The Morgan fingerprint density at radius 1 is 1.33 bits per heavy atom. The van der Waals surface area contributed by atoms with Gasteiger partial charge in [0.25, 0.3) is 0 Å². The van der Waals surface area contributed by atoms with Gasteiger partial charge in [-0.05, 0) is 49.5 Å². The summed E-state index contributed by atoms with van der Waals surface area (Å²) in [5, 5.41) is 11.2. The predicted octanol–water partition coefficient (Wildman–Crippen LogP) is -0.00770. The van der Waals surface area contributed by atoms with E-state index in [1.54, 1.807) is 12.1 Å². The highest BCUT2D eigenvalue weighted by Crippen LogP contribution is 2.12. The molecule has 0 aliphatic carbocycles. The van der Waals surface area contributed by atoms with Crippen molar-refractivity contribution in [2.45, 2.75) is 24.2 Å². The lowest BCUT2D eigenvalue weighted by molar-refractivity contribution is -0.121. The quantitative estimate of drug-likeness (QED) is 0.688. The van der Waals surface area contributed by atoms with Gasteiger partial charge < -0.3 is 10.6 Å². The predicted molar refractivity (Wildman–Crippen MR) is 80.1 cm³/mol. The Morgan fingerprint density at radius 2 is 2.05 bits per heavy atom. The van der Waals surface area contributed by atoms with Crippen molar-refractivity contribution >= 4 is 15.9 Å². The molecule has 1 atom stereocenters. The van der Waals surface area contributed by atoms with Gasteiger partial charge in [-0.25, -0.2) is 13.6 Å². The molecule has 0 radical (unpaired) electrons. The van der Waals surface area contributed by atoms with Crippen LogP contribution in [0.25, 0.3) is 0 Å². The standard InChI is InChI=1S/C14H21N3O3S/c15-21(19,20)13-3-1-11(2-4-13)6-8-17-14(18)9-12-5-7-16-10-12/h1-4,12,16H,5-10H2,(H,17,18)(H2,15,19,20). The normalized spacial score (nSPS) is 18.6. The van der Waals surface area contributed by atoms with Gasteiger partial charge in [-0.1, -0.05) is 12.1 Å². The number of nitrogens with one attached hydrogen (secondary N) is 2. The van der Waals surface area contributed by atoms with E-state index < -0.39 is 10.0 Å². The Bertz CT molecular complexity index is 578. The van der Waals surface area contributed by atoms with Crippen molar-refractivity contribution in [1.29, 1.82) is 0 Å². The first kappa shape index (κ1) is 15.9. The van der Waals surface area contributed by atoms with Crippen LogP contribution in [0, 0.1) is 5.92 Å². The van der Waals surface area contributed by atoms with Crippen molar-refractivity contribution in [2.24, 2.45) is 11.1 Å². The molecule has 1 fully saturated rings. The van der Waals surface area contributed by atoms with Crippen LogP contribution in [0.15, 0.2) is 29.2 Å². The van der Waals surface area contributed by atoms with Gasteiger partial charge in [0.2, 0.25) is 15.9 Å². The molecule has 1 aliphatic rings. The van der Waals surface area contributed by atoms with Crippen molar-refractivity contribution in [2.75, 3.05) is 19.6 Å². The number of sulfonamides is 1. The van der Waals surface area contributed by atoms with E-state index in [9.17, 15) is 13.2 Å². The van der Waals surface area contributed by atoms with Gasteiger partial charge in [0.05, 0.1) is 4.90 Å². The van der Waals surface area contributed by atoms with E-state index in [1.807, 2.05) is 0 Å². The van der Waals surface area contributed by atoms with Crippen molar-refractivity contribution in [3.05, 3.63) is 29.8 Å². The zero-order valence-electron chi connectivity index (χ0n) is 11.8. The minimum absolute atomic E-state index is 0.0739. The molecule has 1 aromatic rings. The summed E-state index contributed by atoms with van der Waals surface area (Å²) in [6, 6.07) is 6.40. The molecule has 1 amide bonds. The molecule has 2 rings (SSSR count). The van der Waals surface area contributed by atoms with Gasteiger partial charge in [-0.2, -0.15) is 0 Å². The van der Waals surface area contributed by atoms with E-state index >= 15 is 0 Å². The second kappa shape index (κ2) is 7.02. The SMILES string of the molecule is NS(=O)(=O)c1ccc(CCNC(=O)CC2CCNC2)cc1. The monoisotopic (exact) mass is 311 g/mol. The van der Waals surface area contributed by atoms with Crippen LogP contribution < -0.4 is 15.8 Å². The zero-order chi connectivity index (χ0) is 15.3. The first-order valence-corrected chi connectivity index (χ1v) is 8.59. The maximum Gasteiger partial charge on any atom is 0.238 e. The minimum atomic E-state index is -3.64.